The number of rotatable bonds is 3. The van der Waals surface area contributed by atoms with Gasteiger partial charge in [0.1, 0.15) is 5.75 Å². The number of benzene rings is 2. The molecule has 0 fully saturated rings. The standard InChI is InChI=1S/C13H12N3O/c1-17-13-8-6-11(7-9-13)15-10-2-4-12(16-14)5-3-10/h2-9,15H,1H3/q+1. The molecular formula is C13H12N3O+. The average molecular weight is 226 g/mol. The summed E-state index contributed by atoms with van der Waals surface area (Å²) in [6.07, 6.45) is 0. The fourth-order valence-corrected chi connectivity index (χ4v) is 1.45. The number of anilines is 2. The molecule has 0 aliphatic heterocycles. The van der Waals surface area contributed by atoms with Gasteiger partial charge >= 0.3 is 5.69 Å². The zero-order valence-corrected chi connectivity index (χ0v) is 9.42. The van der Waals surface area contributed by atoms with E-state index in [1.165, 1.54) is 0 Å². The minimum Gasteiger partial charge on any atom is -0.497 e. The number of ether oxygens (including phenoxy) is 1. The van der Waals surface area contributed by atoms with Gasteiger partial charge in [0.05, 0.1) is 7.11 Å². The van der Waals surface area contributed by atoms with E-state index in [2.05, 4.69) is 10.3 Å². The van der Waals surface area contributed by atoms with Crippen LogP contribution in [0, 0.1) is 5.39 Å². The van der Waals surface area contributed by atoms with Crippen molar-refractivity contribution < 1.29 is 4.74 Å². The lowest BCUT2D eigenvalue weighted by Crippen LogP contribution is -1.89. The monoisotopic (exact) mass is 226 g/mol. The molecule has 2 rings (SSSR count). The van der Waals surface area contributed by atoms with Crippen LogP contribution in [0.2, 0.25) is 0 Å². The van der Waals surface area contributed by atoms with Crippen molar-refractivity contribution in [1.29, 1.82) is 5.39 Å². The maximum Gasteiger partial charge on any atom is 0.385 e. The Morgan fingerprint density at radius 2 is 1.47 bits per heavy atom. The van der Waals surface area contributed by atoms with Crippen molar-refractivity contribution in [3.8, 4) is 5.75 Å². The van der Waals surface area contributed by atoms with Crippen LogP contribution in [-0.4, -0.2) is 7.11 Å². The first-order chi connectivity index (χ1) is 8.31. The van der Waals surface area contributed by atoms with Crippen LogP contribution in [-0.2, 0) is 0 Å². The van der Waals surface area contributed by atoms with Gasteiger partial charge in [0, 0.05) is 23.5 Å². The summed E-state index contributed by atoms with van der Waals surface area (Å²) < 4.78 is 5.08. The molecule has 0 saturated heterocycles. The molecular weight excluding hydrogens is 214 g/mol. The Morgan fingerprint density at radius 3 is 1.94 bits per heavy atom. The van der Waals surface area contributed by atoms with E-state index in [0.717, 1.165) is 17.1 Å². The number of nitrogens with zero attached hydrogens (tertiary/aromatic N) is 2. The van der Waals surface area contributed by atoms with Gasteiger partial charge in [-0.25, -0.2) is 0 Å². The van der Waals surface area contributed by atoms with E-state index >= 15 is 0 Å². The third-order valence-electron chi connectivity index (χ3n) is 2.36. The summed E-state index contributed by atoms with van der Waals surface area (Å²) in [6, 6.07) is 14.8. The lowest BCUT2D eigenvalue weighted by atomic mass is 10.2. The van der Waals surface area contributed by atoms with Crippen molar-refractivity contribution in [3.63, 3.8) is 0 Å². The van der Waals surface area contributed by atoms with Gasteiger partial charge in [-0.2, -0.15) is 0 Å². The molecule has 17 heavy (non-hydrogen) atoms. The zero-order valence-electron chi connectivity index (χ0n) is 9.42. The molecule has 0 radical (unpaired) electrons. The predicted molar refractivity (Wildman–Crippen MR) is 67.5 cm³/mol. The molecule has 0 unspecified atom stereocenters. The molecule has 0 aromatic heterocycles. The smallest absolute Gasteiger partial charge is 0.385 e. The molecule has 0 aliphatic rings. The van der Waals surface area contributed by atoms with Crippen molar-refractivity contribution in [2.45, 2.75) is 0 Å². The van der Waals surface area contributed by atoms with Gasteiger partial charge in [0.15, 0.2) is 4.98 Å². The number of hydrogen-bond donors (Lipinski definition) is 1. The summed E-state index contributed by atoms with van der Waals surface area (Å²) in [6.45, 7) is 0. The second-order valence-electron chi connectivity index (χ2n) is 3.50. The molecule has 0 spiro atoms. The van der Waals surface area contributed by atoms with E-state index in [-0.39, 0.29) is 0 Å². The molecule has 4 nitrogen and oxygen atoms in total. The van der Waals surface area contributed by atoms with Crippen molar-refractivity contribution in [1.82, 2.24) is 0 Å². The van der Waals surface area contributed by atoms with Crippen LogP contribution in [0.3, 0.4) is 0 Å². The molecule has 0 saturated carbocycles. The number of methoxy groups -OCH3 is 1. The first-order valence-electron chi connectivity index (χ1n) is 5.18. The van der Waals surface area contributed by atoms with Crippen molar-refractivity contribution in [3.05, 3.63) is 53.5 Å². The van der Waals surface area contributed by atoms with Gasteiger partial charge in [-0.05, 0) is 36.4 Å². The summed E-state index contributed by atoms with van der Waals surface area (Å²) in [5, 5.41) is 11.8. The van der Waals surface area contributed by atoms with Gasteiger partial charge < -0.3 is 10.1 Å². The summed E-state index contributed by atoms with van der Waals surface area (Å²) in [4.78, 5) is 3.10. The van der Waals surface area contributed by atoms with Crippen LogP contribution in [0.5, 0.6) is 5.75 Å². The van der Waals surface area contributed by atoms with Crippen LogP contribution in [0.15, 0.2) is 48.5 Å². The van der Waals surface area contributed by atoms with Crippen LogP contribution < -0.4 is 10.1 Å². The van der Waals surface area contributed by atoms with E-state index in [1.54, 1.807) is 19.2 Å². The molecule has 1 N–H and O–H groups in total. The first-order valence-corrected chi connectivity index (χ1v) is 5.18. The minimum atomic E-state index is 0.533. The Bertz CT molecular complexity index is 526. The molecule has 84 valence electrons. The zero-order chi connectivity index (χ0) is 12.1. The Labute approximate surface area is 99.5 Å². The summed E-state index contributed by atoms with van der Waals surface area (Å²) in [5.74, 6) is 0.824. The number of diazo groups is 1. The van der Waals surface area contributed by atoms with Crippen LogP contribution >= 0.6 is 0 Å². The van der Waals surface area contributed by atoms with E-state index in [9.17, 15) is 0 Å². The minimum absolute atomic E-state index is 0.533. The SMILES string of the molecule is COc1ccc(Nc2ccc([N+]#N)cc2)cc1. The van der Waals surface area contributed by atoms with E-state index in [0.29, 0.717) is 5.69 Å². The van der Waals surface area contributed by atoms with Crippen LogP contribution in [0.4, 0.5) is 17.1 Å². The number of nitrogens with one attached hydrogen (secondary N) is 1. The molecule has 0 amide bonds. The Balaban J connectivity index is 2.11. The van der Waals surface area contributed by atoms with Gasteiger partial charge in [0.25, 0.3) is 0 Å². The predicted octanol–water partition coefficient (Wildman–Crippen LogP) is 3.92. The van der Waals surface area contributed by atoms with Crippen molar-refractivity contribution in [2.24, 2.45) is 0 Å². The van der Waals surface area contributed by atoms with E-state index in [4.69, 9.17) is 10.1 Å². The maximum absolute atomic E-state index is 8.57. The molecule has 0 bridgehead atoms. The highest BCUT2D eigenvalue weighted by atomic mass is 16.5. The second-order valence-corrected chi connectivity index (χ2v) is 3.50. The van der Waals surface area contributed by atoms with Gasteiger partial charge in [-0.15, -0.1) is 0 Å². The highest BCUT2D eigenvalue weighted by Crippen LogP contribution is 2.21. The normalized spacial score (nSPS) is 9.41. The highest BCUT2D eigenvalue weighted by Gasteiger charge is 2.02. The Morgan fingerprint density at radius 1 is 0.941 bits per heavy atom. The fraction of sp³-hybridized carbons (Fsp3) is 0.0769. The molecule has 0 heterocycles. The summed E-state index contributed by atoms with van der Waals surface area (Å²) in [7, 11) is 1.64. The molecule has 2 aromatic rings. The first kappa shape index (κ1) is 11.0. The largest absolute Gasteiger partial charge is 0.497 e. The Hall–Kier alpha value is -2.54. The van der Waals surface area contributed by atoms with Gasteiger partial charge in [-0.1, -0.05) is 0 Å². The Kier molecular flexibility index (Phi) is 3.22. The maximum atomic E-state index is 8.57. The summed E-state index contributed by atoms with van der Waals surface area (Å²) >= 11 is 0. The van der Waals surface area contributed by atoms with Crippen molar-refractivity contribution in [2.75, 3.05) is 12.4 Å². The molecule has 4 heteroatoms. The quantitative estimate of drug-likeness (QED) is 0.807. The molecule has 2 aromatic carbocycles. The molecule has 0 atom stereocenters. The lowest BCUT2D eigenvalue weighted by molar-refractivity contribution is 0.415. The lowest BCUT2D eigenvalue weighted by Gasteiger charge is -2.06. The number of hydrogen-bond acceptors (Lipinski definition) is 3. The third-order valence-corrected chi connectivity index (χ3v) is 2.36. The van der Waals surface area contributed by atoms with Crippen LogP contribution in [0.25, 0.3) is 4.98 Å². The van der Waals surface area contributed by atoms with Gasteiger partial charge in [-0.3, -0.25) is 0 Å². The molecule has 0 aliphatic carbocycles. The second kappa shape index (κ2) is 4.99. The van der Waals surface area contributed by atoms with Crippen molar-refractivity contribution >= 4 is 17.1 Å². The third kappa shape index (κ3) is 2.73. The topological polar surface area (TPSA) is 49.4 Å². The van der Waals surface area contributed by atoms with Gasteiger partial charge in [0.2, 0.25) is 5.39 Å². The highest BCUT2D eigenvalue weighted by molar-refractivity contribution is 5.63. The van der Waals surface area contributed by atoms with E-state index < -0.39 is 0 Å². The van der Waals surface area contributed by atoms with E-state index in [1.807, 2.05) is 36.4 Å². The fourth-order valence-electron chi connectivity index (χ4n) is 1.45. The summed E-state index contributed by atoms with van der Waals surface area (Å²) in [5.41, 5.74) is 2.44. The average Bonchev–Trinajstić information content (AvgIpc) is 2.40. The van der Waals surface area contributed by atoms with Crippen LogP contribution in [0.1, 0.15) is 0 Å².